The van der Waals surface area contributed by atoms with E-state index in [1.54, 1.807) is 0 Å². The molecule has 8 nitrogen and oxygen atoms in total. The van der Waals surface area contributed by atoms with E-state index in [1.807, 2.05) is 0 Å². The minimum absolute atomic E-state index is 0. The van der Waals surface area contributed by atoms with Crippen LogP contribution in [0.2, 0.25) is 0 Å². The van der Waals surface area contributed by atoms with Gasteiger partial charge in [0, 0.05) is 13.5 Å². The Morgan fingerprint density at radius 2 is 1.46 bits per heavy atom. The minimum atomic E-state index is -3.84. The van der Waals surface area contributed by atoms with Gasteiger partial charge < -0.3 is 48.2 Å². The fraction of sp³-hybridized carbons (Fsp3) is 0.923. The average molecular weight is 652 g/mol. The average Bonchev–Trinajstić information content (AvgIpc) is 2.46. The fourth-order valence-electron chi connectivity index (χ4n) is 1.16. The Morgan fingerprint density at radius 1 is 0.962 bits per heavy atom. The van der Waals surface area contributed by atoms with Crippen molar-refractivity contribution in [3.8, 4) is 0 Å². The second-order valence-corrected chi connectivity index (χ2v) is 4.60. The fourth-order valence-corrected chi connectivity index (χ4v) is 1.16. The summed E-state index contributed by atoms with van der Waals surface area (Å²) in [6.07, 6.45) is -7.56. The van der Waals surface area contributed by atoms with Crippen LogP contribution in [0.1, 0.15) is 0 Å². The molecule has 0 radical (unpaired) electrons. The molecule has 0 aromatic heterocycles. The largest absolute Gasteiger partial charge is 0.419 e. The van der Waals surface area contributed by atoms with Gasteiger partial charge in [0.15, 0.2) is 0 Å². The van der Waals surface area contributed by atoms with E-state index in [4.69, 9.17) is 25.2 Å². The molecule has 13 heteroatoms. The van der Waals surface area contributed by atoms with Gasteiger partial charge in [-0.25, -0.2) is 0 Å². The second kappa shape index (κ2) is 18.2. The van der Waals surface area contributed by atoms with E-state index in [-0.39, 0.29) is 39.6 Å². The summed E-state index contributed by atoms with van der Waals surface area (Å²) in [5.41, 5.74) is 0. The topological polar surface area (TPSA) is 118 Å². The Balaban J connectivity index is -0.000000393. The van der Waals surface area contributed by atoms with Crippen LogP contribution in [0, 0.1) is 6.43 Å². The number of alkyl halides is 2. The number of hydrogen-bond acceptors (Lipinski definition) is 8. The van der Waals surface area contributed by atoms with E-state index in [0.29, 0.717) is 0 Å². The molecule has 0 aromatic rings. The molecule has 0 spiro atoms. The first-order valence-electron chi connectivity index (χ1n) is 7.08. The maximum atomic E-state index is 11.7. The van der Waals surface area contributed by atoms with Crippen molar-refractivity contribution >= 4 is 0 Å². The molecule has 0 aromatic carbocycles. The predicted molar refractivity (Wildman–Crippen MR) is 76.1 cm³/mol. The molecule has 156 valence electrons. The molecule has 2 unspecified atom stereocenters. The van der Waals surface area contributed by atoms with Gasteiger partial charge in [-0.1, -0.05) is 0 Å². The van der Waals surface area contributed by atoms with Crippen LogP contribution in [0.3, 0.4) is 0 Å². The molecule has 0 saturated heterocycles. The number of hydrogen-bond donors (Lipinski definition) is 4. The molecular formula is C13H25F4O8Rf-. The quantitative estimate of drug-likeness (QED) is 0.112. The summed E-state index contributed by atoms with van der Waals surface area (Å²) in [5.74, 6) is 0. The van der Waals surface area contributed by atoms with Gasteiger partial charge in [-0.15, -0.1) is 0 Å². The van der Waals surface area contributed by atoms with Crippen LogP contribution < -0.4 is 0 Å². The summed E-state index contributed by atoms with van der Waals surface area (Å²) >= 11 is 0. The van der Waals surface area contributed by atoms with E-state index in [1.165, 1.54) is 7.11 Å². The van der Waals surface area contributed by atoms with Crippen LogP contribution in [-0.4, -0.2) is 98.7 Å². The van der Waals surface area contributed by atoms with Crippen molar-refractivity contribution in [2.45, 2.75) is 18.3 Å². The second-order valence-electron chi connectivity index (χ2n) is 4.60. The predicted octanol–water partition coefficient (Wildman–Crippen LogP) is -0.603. The van der Waals surface area contributed by atoms with Gasteiger partial charge in [0.1, 0.15) is 18.8 Å². The zero-order valence-corrected chi connectivity index (χ0v) is 20.9. The third-order valence-electron chi connectivity index (χ3n) is 2.01. The van der Waals surface area contributed by atoms with Gasteiger partial charge in [0.25, 0.3) is 0 Å². The zero-order chi connectivity index (χ0) is 19.7. The monoisotopic (exact) mass is 652 g/mol. The number of halogens is 4. The van der Waals surface area contributed by atoms with Gasteiger partial charge in [0.05, 0.1) is 39.6 Å². The summed E-state index contributed by atoms with van der Waals surface area (Å²) in [5, 5.41) is 34.0. The number of methoxy groups -OCH3 is 1. The van der Waals surface area contributed by atoms with Gasteiger partial charge in [-0.3, -0.25) is 0 Å². The molecule has 0 aliphatic carbocycles. The molecular weight excluding hydrogens is 627 g/mol. The van der Waals surface area contributed by atoms with Crippen molar-refractivity contribution in [2.75, 3.05) is 60.0 Å². The van der Waals surface area contributed by atoms with Gasteiger partial charge >= 0.3 is 6.11 Å². The molecule has 0 heterocycles. The molecule has 0 aliphatic rings. The first-order valence-corrected chi connectivity index (χ1v) is 7.08. The third-order valence-corrected chi connectivity index (χ3v) is 2.01. The van der Waals surface area contributed by atoms with Crippen LogP contribution in [0.25, 0.3) is 0 Å². The Bertz CT molecular complexity index is 287. The van der Waals surface area contributed by atoms with Crippen molar-refractivity contribution in [1.29, 1.82) is 0 Å². The zero-order valence-electron chi connectivity index (χ0n) is 14.5. The molecule has 4 N–H and O–H groups in total. The molecule has 0 amide bonds. The Labute approximate surface area is 142 Å². The maximum Gasteiger partial charge on any atom is 0.376 e. The van der Waals surface area contributed by atoms with Crippen molar-refractivity contribution in [1.82, 2.24) is 0 Å². The Morgan fingerprint density at radius 3 is 1.92 bits per heavy atom. The maximum absolute atomic E-state index is 11.7. The summed E-state index contributed by atoms with van der Waals surface area (Å²) < 4.78 is 64.2. The van der Waals surface area contributed by atoms with Crippen LogP contribution in [-0.2, 0) is 18.9 Å². The first kappa shape index (κ1) is 29.2. The van der Waals surface area contributed by atoms with E-state index in [9.17, 15) is 17.6 Å². The van der Waals surface area contributed by atoms with Crippen molar-refractivity contribution < 1.29 is 56.9 Å². The smallest absolute Gasteiger partial charge is 0.376 e. The van der Waals surface area contributed by atoms with E-state index in [0.717, 1.165) is 0 Å². The van der Waals surface area contributed by atoms with Gasteiger partial charge in [-0.05, 0) is 6.61 Å². The van der Waals surface area contributed by atoms with Crippen LogP contribution in [0.4, 0.5) is 17.6 Å². The summed E-state index contributed by atoms with van der Waals surface area (Å²) in [7, 11) is 1.36. The van der Waals surface area contributed by atoms with Crippen LogP contribution in [0.5, 0.6) is 0 Å². The standard InChI is InChI=1S/C7H13F2O4.C6H12F2O4.Rf/c8-7(9)5-13-4-6(11)3-12-2-1-10;1-11-2-5(9)3-12-4-6(7,8)10;/h6,10-11H,1-5H2;5,9-10H,2-4H2,1H3;/q-1;;. The van der Waals surface area contributed by atoms with Crippen LogP contribution in [0.15, 0.2) is 0 Å². The third kappa shape index (κ3) is 27.3. The molecule has 26 heavy (non-hydrogen) atoms. The number of aliphatic hydroxyl groups is 4. The van der Waals surface area contributed by atoms with E-state index < -0.39 is 38.0 Å². The van der Waals surface area contributed by atoms with Crippen molar-refractivity contribution in [3.63, 3.8) is 0 Å². The Hall–Kier alpha value is -1.60. The summed E-state index contributed by atoms with van der Waals surface area (Å²) in [6.45, 7) is -2.43. The van der Waals surface area contributed by atoms with E-state index in [2.05, 4.69) is 14.2 Å². The summed E-state index contributed by atoms with van der Waals surface area (Å²) in [6, 6.07) is 0. The van der Waals surface area contributed by atoms with Crippen molar-refractivity contribution in [2.24, 2.45) is 0 Å². The summed E-state index contributed by atoms with van der Waals surface area (Å²) in [4.78, 5) is 0. The molecule has 0 aliphatic heterocycles. The van der Waals surface area contributed by atoms with Crippen molar-refractivity contribution in [3.05, 3.63) is 6.43 Å². The normalized spacial score (nSPS) is 13.6. The van der Waals surface area contributed by atoms with E-state index >= 15 is 0 Å². The molecule has 0 bridgehead atoms. The van der Waals surface area contributed by atoms with Gasteiger partial charge in [0.2, 0.25) is 0 Å². The molecule has 2 atom stereocenters. The minimum Gasteiger partial charge on any atom is -0.419 e. The Kier molecular flexibility index (Phi) is 20.4. The molecule has 0 fully saturated rings. The SMILES string of the molecule is COCC(O)COCC(O)(F)F.OCCOCC(O)COC[C-](F)F.[Rf]. The number of rotatable bonds is 14. The van der Waals surface area contributed by atoms with Crippen LogP contribution >= 0.6 is 0 Å². The molecule has 0 rings (SSSR count). The number of ether oxygens (including phenoxy) is 4. The van der Waals surface area contributed by atoms with Gasteiger partial charge in [-0.2, -0.15) is 8.78 Å². The number of aliphatic hydroxyl groups excluding tert-OH is 3. The molecule has 0 saturated carbocycles. The first-order chi connectivity index (χ1) is 11.6.